The molecule has 100 valence electrons. The minimum absolute atomic E-state index is 0.178. The van der Waals surface area contributed by atoms with Gasteiger partial charge in [-0.3, -0.25) is 4.68 Å². The van der Waals surface area contributed by atoms with Crippen LogP contribution in [0.5, 0.6) is 5.75 Å². The van der Waals surface area contributed by atoms with Gasteiger partial charge >= 0.3 is 0 Å². The van der Waals surface area contributed by atoms with Crippen LogP contribution in [0.1, 0.15) is 30.2 Å². The van der Waals surface area contributed by atoms with Crippen LogP contribution in [0.25, 0.3) is 0 Å². The van der Waals surface area contributed by atoms with Crippen molar-refractivity contribution in [2.45, 2.75) is 24.4 Å². The normalized spacial score (nSPS) is 18.1. The van der Waals surface area contributed by atoms with E-state index in [9.17, 15) is 5.11 Å². The summed E-state index contributed by atoms with van der Waals surface area (Å²) in [5.74, 6) is 0.650. The Balaban J connectivity index is 2.00. The SMILES string of the molecule is COc1cnn(C)c1C(O)C1(c2ccccc2)CC1. The Morgan fingerprint density at radius 2 is 2.00 bits per heavy atom. The van der Waals surface area contributed by atoms with Crippen molar-refractivity contribution in [3.63, 3.8) is 0 Å². The van der Waals surface area contributed by atoms with Crippen LogP contribution in [0, 0.1) is 0 Å². The predicted octanol–water partition coefficient (Wildman–Crippen LogP) is 2.19. The molecule has 4 heteroatoms. The molecule has 2 aromatic rings. The summed E-state index contributed by atoms with van der Waals surface area (Å²) in [6.07, 6.45) is 3.05. The summed E-state index contributed by atoms with van der Waals surface area (Å²) in [6, 6.07) is 10.2. The second kappa shape index (κ2) is 4.38. The predicted molar refractivity (Wildman–Crippen MR) is 72.1 cm³/mol. The molecule has 4 nitrogen and oxygen atoms in total. The highest BCUT2D eigenvalue weighted by molar-refractivity contribution is 5.39. The molecule has 1 aromatic carbocycles. The lowest BCUT2D eigenvalue weighted by atomic mass is 9.88. The van der Waals surface area contributed by atoms with E-state index in [0.29, 0.717) is 5.75 Å². The summed E-state index contributed by atoms with van der Waals surface area (Å²) in [4.78, 5) is 0. The summed E-state index contributed by atoms with van der Waals surface area (Å²) in [7, 11) is 3.44. The maximum absolute atomic E-state index is 10.8. The fraction of sp³-hybridized carbons (Fsp3) is 0.400. The molecule has 1 atom stereocenters. The third-order valence-electron chi connectivity index (χ3n) is 4.09. The number of hydrogen-bond acceptors (Lipinski definition) is 3. The van der Waals surface area contributed by atoms with Gasteiger partial charge in [-0.15, -0.1) is 0 Å². The first-order valence-electron chi connectivity index (χ1n) is 6.48. The van der Waals surface area contributed by atoms with Crippen LogP contribution in [0.4, 0.5) is 0 Å². The van der Waals surface area contributed by atoms with Crippen LogP contribution in [0.15, 0.2) is 36.5 Å². The Morgan fingerprint density at radius 3 is 2.58 bits per heavy atom. The molecule has 0 amide bonds. The number of nitrogens with zero attached hydrogens (tertiary/aromatic N) is 2. The Labute approximate surface area is 112 Å². The van der Waals surface area contributed by atoms with Gasteiger partial charge in [-0.05, 0) is 18.4 Å². The van der Waals surface area contributed by atoms with E-state index in [1.807, 2.05) is 25.2 Å². The summed E-state index contributed by atoms with van der Waals surface area (Å²) in [5, 5.41) is 15.0. The van der Waals surface area contributed by atoms with Gasteiger partial charge in [0, 0.05) is 12.5 Å². The summed E-state index contributed by atoms with van der Waals surface area (Å²) < 4.78 is 7.00. The van der Waals surface area contributed by atoms with E-state index in [1.165, 1.54) is 5.56 Å². The lowest BCUT2D eigenvalue weighted by molar-refractivity contribution is 0.121. The van der Waals surface area contributed by atoms with Crippen LogP contribution in [-0.2, 0) is 12.5 Å². The van der Waals surface area contributed by atoms with Crippen molar-refractivity contribution in [1.82, 2.24) is 9.78 Å². The zero-order valence-corrected chi connectivity index (χ0v) is 11.2. The lowest BCUT2D eigenvalue weighted by Crippen LogP contribution is -2.21. The molecule has 0 aliphatic heterocycles. The average molecular weight is 258 g/mol. The van der Waals surface area contributed by atoms with Gasteiger partial charge in [-0.2, -0.15) is 5.10 Å². The third kappa shape index (κ3) is 1.83. The zero-order chi connectivity index (χ0) is 13.5. The van der Waals surface area contributed by atoms with E-state index < -0.39 is 6.10 Å². The average Bonchev–Trinajstić information content (AvgIpc) is 3.18. The molecule has 3 rings (SSSR count). The molecule has 1 aliphatic carbocycles. The van der Waals surface area contributed by atoms with E-state index >= 15 is 0 Å². The van der Waals surface area contributed by atoms with E-state index in [-0.39, 0.29) is 5.41 Å². The minimum atomic E-state index is -0.586. The molecule has 0 saturated heterocycles. The summed E-state index contributed by atoms with van der Waals surface area (Å²) >= 11 is 0. The Morgan fingerprint density at radius 1 is 1.32 bits per heavy atom. The number of aliphatic hydroxyl groups excluding tert-OH is 1. The monoisotopic (exact) mass is 258 g/mol. The fourth-order valence-electron chi connectivity index (χ4n) is 2.78. The minimum Gasteiger partial charge on any atom is -0.493 e. The van der Waals surface area contributed by atoms with Gasteiger partial charge in [0.2, 0.25) is 0 Å². The molecular formula is C15H18N2O2. The quantitative estimate of drug-likeness (QED) is 0.914. The Bertz CT molecular complexity index is 573. The molecule has 0 radical (unpaired) electrons. The van der Waals surface area contributed by atoms with Crippen molar-refractivity contribution in [2.75, 3.05) is 7.11 Å². The highest BCUT2D eigenvalue weighted by Gasteiger charge is 2.52. The number of methoxy groups -OCH3 is 1. The van der Waals surface area contributed by atoms with E-state index in [1.54, 1.807) is 18.0 Å². The van der Waals surface area contributed by atoms with Crippen LogP contribution in [-0.4, -0.2) is 22.0 Å². The fourth-order valence-corrected chi connectivity index (χ4v) is 2.78. The Hall–Kier alpha value is -1.81. The number of ether oxygens (including phenoxy) is 1. The molecular weight excluding hydrogens is 240 g/mol. The van der Waals surface area contributed by atoms with Gasteiger partial charge < -0.3 is 9.84 Å². The van der Waals surface area contributed by atoms with Crippen molar-refractivity contribution < 1.29 is 9.84 Å². The van der Waals surface area contributed by atoms with Gasteiger partial charge in [0.05, 0.1) is 13.3 Å². The number of hydrogen-bond donors (Lipinski definition) is 1. The van der Waals surface area contributed by atoms with Gasteiger partial charge in [0.25, 0.3) is 0 Å². The van der Waals surface area contributed by atoms with E-state index in [4.69, 9.17) is 4.74 Å². The number of aliphatic hydroxyl groups is 1. The standard InChI is InChI=1S/C15H18N2O2/c1-17-13(12(19-2)10-16-17)14(18)15(8-9-15)11-6-4-3-5-7-11/h3-7,10,14,18H,8-9H2,1-2H3. The van der Waals surface area contributed by atoms with Crippen molar-refractivity contribution in [1.29, 1.82) is 0 Å². The highest BCUT2D eigenvalue weighted by atomic mass is 16.5. The van der Waals surface area contributed by atoms with Crippen LogP contribution in [0.3, 0.4) is 0 Å². The highest BCUT2D eigenvalue weighted by Crippen LogP contribution is 2.57. The van der Waals surface area contributed by atoms with Crippen LogP contribution >= 0.6 is 0 Å². The second-order valence-corrected chi connectivity index (χ2v) is 5.15. The molecule has 1 saturated carbocycles. The summed E-state index contributed by atoms with van der Waals surface area (Å²) in [5.41, 5.74) is 1.76. The molecule has 19 heavy (non-hydrogen) atoms. The molecule has 1 aromatic heterocycles. The van der Waals surface area contributed by atoms with E-state index in [0.717, 1.165) is 18.5 Å². The van der Waals surface area contributed by atoms with Gasteiger partial charge in [0.15, 0.2) is 5.75 Å². The topological polar surface area (TPSA) is 47.3 Å². The first kappa shape index (κ1) is 12.2. The number of aromatic nitrogens is 2. The molecule has 1 unspecified atom stereocenters. The van der Waals surface area contributed by atoms with Crippen LogP contribution < -0.4 is 4.74 Å². The molecule has 1 aliphatic rings. The van der Waals surface area contributed by atoms with Crippen molar-refractivity contribution in [3.8, 4) is 5.75 Å². The largest absolute Gasteiger partial charge is 0.493 e. The lowest BCUT2D eigenvalue weighted by Gasteiger charge is -2.23. The first-order chi connectivity index (χ1) is 9.19. The smallest absolute Gasteiger partial charge is 0.162 e. The third-order valence-corrected chi connectivity index (χ3v) is 4.09. The molecule has 1 heterocycles. The first-order valence-corrected chi connectivity index (χ1v) is 6.48. The number of rotatable bonds is 4. The molecule has 0 spiro atoms. The zero-order valence-electron chi connectivity index (χ0n) is 11.2. The number of benzene rings is 1. The maximum Gasteiger partial charge on any atom is 0.162 e. The van der Waals surface area contributed by atoms with Crippen molar-refractivity contribution >= 4 is 0 Å². The van der Waals surface area contributed by atoms with Crippen LogP contribution in [0.2, 0.25) is 0 Å². The number of aryl methyl sites for hydroxylation is 1. The Kier molecular flexibility index (Phi) is 2.82. The van der Waals surface area contributed by atoms with Gasteiger partial charge in [-0.1, -0.05) is 30.3 Å². The molecule has 1 fully saturated rings. The molecule has 1 N–H and O–H groups in total. The maximum atomic E-state index is 10.8. The second-order valence-electron chi connectivity index (χ2n) is 5.15. The summed E-state index contributed by atoms with van der Waals surface area (Å²) in [6.45, 7) is 0. The van der Waals surface area contributed by atoms with Crippen molar-refractivity contribution in [3.05, 3.63) is 47.8 Å². The van der Waals surface area contributed by atoms with Crippen molar-refractivity contribution in [2.24, 2.45) is 7.05 Å². The molecule has 0 bridgehead atoms. The van der Waals surface area contributed by atoms with E-state index in [2.05, 4.69) is 17.2 Å². The van der Waals surface area contributed by atoms with Gasteiger partial charge in [0.1, 0.15) is 11.8 Å². The van der Waals surface area contributed by atoms with Gasteiger partial charge in [-0.25, -0.2) is 0 Å².